The zero-order valence-electron chi connectivity index (χ0n) is 12.2. The smallest absolute Gasteiger partial charge is 0.168 e. The van der Waals surface area contributed by atoms with Gasteiger partial charge in [-0.25, -0.2) is 0 Å². The highest BCUT2D eigenvalue weighted by molar-refractivity contribution is 6.39. The summed E-state index contributed by atoms with van der Waals surface area (Å²) in [6.45, 7) is 5.72. The third-order valence-corrected chi connectivity index (χ3v) is 3.69. The van der Waals surface area contributed by atoms with Gasteiger partial charge in [-0.2, -0.15) is 0 Å². The summed E-state index contributed by atoms with van der Waals surface area (Å²) < 4.78 is 0. The van der Waals surface area contributed by atoms with Crippen LogP contribution < -0.4 is 5.32 Å². The number of nitrogens with one attached hydrogen (secondary N) is 1. The van der Waals surface area contributed by atoms with Gasteiger partial charge in [0.05, 0.1) is 15.7 Å². The molecular weight excluding hydrogens is 305 g/mol. The van der Waals surface area contributed by atoms with Crippen LogP contribution in [0.3, 0.4) is 0 Å². The Balaban J connectivity index is 2.23. The average Bonchev–Trinajstić information content (AvgIpc) is 2.42. The molecule has 2 aromatic carbocycles. The first-order valence-corrected chi connectivity index (χ1v) is 7.40. The number of hydrogen-bond acceptors (Lipinski definition) is 2. The number of para-hydroxylation sites is 1. The van der Waals surface area contributed by atoms with Gasteiger partial charge in [0.2, 0.25) is 0 Å². The predicted octanol–water partition coefficient (Wildman–Crippen LogP) is 5.97. The summed E-state index contributed by atoms with van der Waals surface area (Å²) in [6.07, 6.45) is 0. The lowest BCUT2D eigenvalue weighted by molar-refractivity contribution is 0.0858. The lowest BCUT2D eigenvalue weighted by atomic mass is 9.86. The first kappa shape index (κ1) is 15.9. The first-order chi connectivity index (χ1) is 9.79. The molecule has 0 aliphatic heterocycles. The summed E-state index contributed by atoms with van der Waals surface area (Å²) in [5.74, 6) is 0.116. The SMILES string of the molecule is CC(C)(C)C(=O)c1ccc(Nc2c(Cl)cccc2Cl)cc1. The van der Waals surface area contributed by atoms with E-state index in [4.69, 9.17) is 23.2 Å². The Morgan fingerprint density at radius 3 is 1.95 bits per heavy atom. The average molecular weight is 322 g/mol. The maximum absolute atomic E-state index is 12.2. The monoisotopic (exact) mass is 321 g/mol. The van der Waals surface area contributed by atoms with Gasteiger partial charge in [0.1, 0.15) is 0 Å². The van der Waals surface area contributed by atoms with Crippen LogP contribution in [-0.2, 0) is 0 Å². The van der Waals surface area contributed by atoms with E-state index >= 15 is 0 Å². The number of carbonyl (C=O) groups excluding carboxylic acids is 1. The number of Topliss-reactive ketones (excluding diaryl/α,β-unsaturated/α-hetero) is 1. The van der Waals surface area contributed by atoms with E-state index in [9.17, 15) is 4.79 Å². The van der Waals surface area contributed by atoms with E-state index in [0.717, 1.165) is 5.69 Å². The number of anilines is 2. The molecule has 4 heteroatoms. The molecule has 0 heterocycles. The minimum atomic E-state index is -0.388. The Morgan fingerprint density at radius 2 is 1.48 bits per heavy atom. The van der Waals surface area contributed by atoms with Crippen molar-refractivity contribution in [2.45, 2.75) is 20.8 Å². The Morgan fingerprint density at radius 1 is 0.952 bits per heavy atom. The fourth-order valence-electron chi connectivity index (χ4n) is 1.90. The van der Waals surface area contributed by atoms with E-state index in [2.05, 4.69) is 5.32 Å². The number of benzene rings is 2. The standard InChI is InChI=1S/C17H17Cl2NO/c1-17(2,3)16(21)11-7-9-12(10-8-11)20-15-13(18)5-4-6-14(15)19/h4-10,20H,1-3H3. The van der Waals surface area contributed by atoms with Crippen molar-refractivity contribution in [3.8, 4) is 0 Å². The number of rotatable bonds is 3. The van der Waals surface area contributed by atoms with Gasteiger partial charge < -0.3 is 5.32 Å². The van der Waals surface area contributed by atoms with Crippen LogP contribution in [0.15, 0.2) is 42.5 Å². The van der Waals surface area contributed by atoms with Crippen molar-refractivity contribution in [2.24, 2.45) is 5.41 Å². The van der Waals surface area contributed by atoms with Crippen LogP contribution in [0.25, 0.3) is 0 Å². The lowest BCUT2D eigenvalue weighted by Crippen LogP contribution is -2.19. The van der Waals surface area contributed by atoms with Crippen molar-refractivity contribution in [1.82, 2.24) is 0 Å². The summed E-state index contributed by atoms with van der Waals surface area (Å²) in [7, 11) is 0. The molecule has 0 fully saturated rings. The molecule has 1 N–H and O–H groups in total. The van der Waals surface area contributed by atoms with E-state index in [1.807, 2.05) is 32.9 Å². The third kappa shape index (κ3) is 3.78. The molecule has 0 saturated carbocycles. The van der Waals surface area contributed by atoms with Crippen LogP contribution in [0, 0.1) is 5.41 Å². The Kier molecular flexibility index (Phi) is 4.60. The molecular formula is C17H17Cl2NO. The highest BCUT2D eigenvalue weighted by Gasteiger charge is 2.22. The van der Waals surface area contributed by atoms with Crippen LogP contribution >= 0.6 is 23.2 Å². The van der Waals surface area contributed by atoms with Crippen LogP contribution in [0.4, 0.5) is 11.4 Å². The Hall–Kier alpha value is -1.51. The number of hydrogen-bond donors (Lipinski definition) is 1. The molecule has 2 aromatic rings. The lowest BCUT2D eigenvalue weighted by Gasteiger charge is -2.17. The fraction of sp³-hybridized carbons (Fsp3) is 0.235. The molecule has 0 saturated heterocycles. The highest BCUT2D eigenvalue weighted by atomic mass is 35.5. The summed E-state index contributed by atoms with van der Waals surface area (Å²) in [6, 6.07) is 12.6. The van der Waals surface area contributed by atoms with Crippen molar-refractivity contribution in [2.75, 3.05) is 5.32 Å². The normalized spacial score (nSPS) is 11.3. The predicted molar refractivity (Wildman–Crippen MR) is 90.0 cm³/mol. The zero-order chi connectivity index (χ0) is 15.6. The van der Waals surface area contributed by atoms with Crippen LogP contribution in [0.1, 0.15) is 31.1 Å². The molecule has 2 rings (SSSR count). The molecule has 0 aromatic heterocycles. The van der Waals surface area contributed by atoms with Gasteiger partial charge in [-0.1, -0.05) is 50.0 Å². The number of halogens is 2. The van der Waals surface area contributed by atoms with E-state index in [0.29, 0.717) is 21.3 Å². The minimum absolute atomic E-state index is 0.116. The third-order valence-electron chi connectivity index (χ3n) is 3.06. The van der Waals surface area contributed by atoms with Crippen molar-refractivity contribution in [3.05, 3.63) is 58.1 Å². The molecule has 0 aliphatic rings. The molecule has 110 valence electrons. The van der Waals surface area contributed by atoms with Gasteiger partial charge in [-0.05, 0) is 36.4 Å². The molecule has 0 aliphatic carbocycles. The second-order valence-corrected chi connectivity index (χ2v) is 6.69. The second-order valence-electron chi connectivity index (χ2n) is 5.88. The molecule has 2 nitrogen and oxygen atoms in total. The maximum Gasteiger partial charge on any atom is 0.168 e. The fourth-order valence-corrected chi connectivity index (χ4v) is 2.39. The molecule has 21 heavy (non-hydrogen) atoms. The molecule has 0 radical (unpaired) electrons. The highest BCUT2D eigenvalue weighted by Crippen LogP contribution is 2.32. The van der Waals surface area contributed by atoms with Gasteiger partial charge in [0, 0.05) is 16.7 Å². The van der Waals surface area contributed by atoms with Gasteiger partial charge in [0.25, 0.3) is 0 Å². The summed E-state index contributed by atoms with van der Waals surface area (Å²) in [5.41, 5.74) is 1.80. The number of ketones is 1. The Bertz CT molecular complexity index is 637. The summed E-state index contributed by atoms with van der Waals surface area (Å²) in [5, 5.41) is 4.28. The van der Waals surface area contributed by atoms with Crippen LogP contribution in [0.5, 0.6) is 0 Å². The molecule has 0 spiro atoms. The topological polar surface area (TPSA) is 29.1 Å². The second kappa shape index (κ2) is 6.08. The summed E-state index contributed by atoms with van der Waals surface area (Å²) in [4.78, 5) is 12.2. The van der Waals surface area contributed by atoms with E-state index in [-0.39, 0.29) is 11.2 Å². The first-order valence-electron chi connectivity index (χ1n) is 6.65. The Labute approximate surface area is 135 Å². The molecule has 0 unspecified atom stereocenters. The maximum atomic E-state index is 12.2. The van der Waals surface area contributed by atoms with Crippen molar-refractivity contribution in [1.29, 1.82) is 0 Å². The number of carbonyl (C=O) groups is 1. The van der Waals surface area contributed by atoms with Crippen LogP contribution in [-0.4, -0.2) is 5.78 Å². The van der Waals surface area contributed by atoms with E-state index in [1.54, 1.807) is 30.3 Å². The van der Waals surface area contributed by atoms with Crippen LogP contribution in [0.2, 0.25) is 10.0 Å². The quantitative estimate of drug-likeness (QED) is 0.706. The van der Waals surface area contributed by atoms with Gasteiger partial charge in [0.15, 0.2) is 5.78 Å². The summed E-state index contributed by atoms with van der Waals surface area (Å²) >= 11 is 12.2. The largest absolute Gasteiger partial charge is 0.353 e. The van der Waals surface area contributed by atoms with Crippen molar-refractivity contribution < 1.29 is 4.79 Å². The van der Waals surface area contributed by atoms with Crippen molar-refractivity contribution >= 4 is 40.4 Å². The van der Waals surface area contributed by atoms with E-state index < -0.39 is 0 Å². The van der Waals surface area contributed by atoms with Crippen molar-refractivity contribution in [3.63, 3.8) is 0 Å². The van der Waals surface area contributed by atoms with Gasteiger partial charge >= 0.3 is 0 Å². The van der Waals surface area contributed by atoms with E-state index in [1.165, 1.54) is 0 Å². The molecule has 0 bridgehead atoms. The van der Waals surface area contributed by atoms with Gasteiger partial charge in [-0.3, -0.25) is 4.79 Å². The zero-order valence-corrected chi connectivity index (χ0v) is 13.7. The molecule has 0 amide bonds. The van der Waals surface area contributed by atoms with Gasteiger partial charge in [-0.15, -0.1) is 0 Å². The molecule has 0 atom stereocenters. The minimum Gasteiger partial charge on any atom is -0.353 e.